The van der Waals surface area contributed by atoms with E-state index in [1.54, 1.807) is 18.2 Å². The average Bonchev–Trinajstić information content (AvgIpc) is 2.72. The molecule has 1 heterocycles. The molecule has 0 radical (unpaired) electrons. The van der Waals surface area contributed by atoms with E-state index in [9.17, 15) is 18.7 Å². The van der Waals surface area contributed by atoms with Crippen molar-refractivity contribution in [1.82, 2.24) is 4.90 Å². The van der Waals surface area contributed by atoms with E-state index < -0.39 is 12.1 Å². The van der Waals surface area contributed by atoms with Gasteiger partial charge in [0, 0.05) is 30.5 Å². The molecule has 3 rings (SSSR count). The summed E-state index contributed by atoms with van der Waals surface area (Å²) in [6, 6.07) is 14.4. The molecule has 160 valence electrons. The maximum absolute atomic E-state index is 12.2. The van der Waals surface area contributed by atoms with Gasteiger partial charge in [0.15, 0.2) is 0 Å². The molecule has 0 bridgehead atoms. The van der Waals surface area contributed by atoms with Crippen LogP contribution in [0.2, 0.25) is 0 Å². The van der Waals surface area contributed by atoms with Crippen LogP contribution in [0.4, 0.5) is 8.78 Å². The number of aliphatic hydroxyl groups excluding tert-OH is 1. The van der Waals surface area contributed by atoms with Gasteiger partial charge in [-0.25, -0.2) is 13.6 Å². The van der Waals surface area contributed by atoms with Crippen molar-refractivity contribution in [2.45, 2.75) is 39.0 Å². The molecule has 5 nitrogen and oxygen atoms in total. The van der Waals surface area contributed by atoms with Gasteiger partial charge < -0.3 is 19.2 Å². The van der Waals surface area contributed by atoms with E-state index in [0.717, 1.165) is 11.1 Å². The van der Waals surface area contributed by atoms with Gasteiger partial charge >= 0.3 is 5.63 Å². The van der Waals surface area contributed by atoms with Gasteiger partial charge in [-0.2, -0.15) is 0 Å². The molecule has 30 heavy (non-hydrogen) atoms. The first-order valence-electron chi connectivity index (χ1n) is 9.79. The smallest absolute Gasteiger partial charge is 0.336 e. The van der Waals surface area contributed by atoms with Gasteiger partial charge in [0.2, 0.25) is 6.43 Å². The summed E-state index contributed by atoms with van der Waals surface area (Å²) < 4.78 is 35.4. The van der Waals surface area contributed by atoms with Gasteiger partial charge in [0.1, 0.15) is 17.9 Å². The number of halogens is 2. The summed E-state index contributed by atoms with van der Waals surface area (Å²) in [5.41, 5.74) is 2.45. The zero-order chi connectivity index (χ0) is 21.5. The molecule has 0 saturated carbocycles. The van der Waals surface area contributed by atoms with Crippen molar-refractivity contribution in [3.63, 3.8) is 0 Å². The minimum atomic E-state index is -2.24. The lowest BCUT2D eigenvalue weighted by Gasteiger charge is -2.16. The molecule has 0 aliphatic rings. The van der Waals surface area contributed by atoms with Gasteiger partial charge in [0.05, 0.1) is 6.61 Å². The predicted molar refractivity (Wildman–Crippen MR) is 111 cm³/mol. The van der Waals surface area contributed by atoms with Crippen molar-refractivity contribution in [3.05, 3.63) is 75.6 Å². The number of benzene rings is 2. The van der Waals surface area contributed by atoms with E-state index >= 15 is 0 Å². The number of hydrogen-bond donors (Lipinski definition) is 1. The Balaban J connectivity index is 1.56. The summed E-state index contributed by atoms with van der Waals surface area (Å²) in [5, 5.41) is 10.1. The summed E-state index contributed by atoms with van der Waals surface area (Å²) in [5.74, 6) is 0.559. The SMILES string of the molecule is CN(CCCC(F)F)Cc1ccc(COc2ccc3c(CO)cc(=O)oc3c2)cc1. The minimum Gasteiger partial charge on any atom is -0.489 e. The highest BCUT2D eigenvalue weighted by Crippen LogP contribution is 2.23. The van der Waals surface area contributed by atoms with Crippen molar-refractivity contribution < 1.29 is 23.0 Å². The Morgan fingerprint density at radius 3 is 2.53 bits per heavy atom. The fraction of sp³-hybridized carbons (Fsp3) is 0.348. The predicted octanol–water partition coefficient (Wildman–Crippen LogP) is 4.34. The Morgan fingerprint density at radius 2 is 1.83 bits per heavy atom. The lowest BCUT2D eigenvalue weighted by Crippen LogP contribution is -2.19. The molecular weight excluding hydrogens is 392 g/mol. The first-order chi connectivity index (χ1) is 14.4. The van der Waals surface area contributed by atoms with Crippen molar-refractivity contribution in [2.75, 3.05) is 13.6 Å². The van der Waals surface area contributed by atoms with E-state index in [4.69, 9.17) is 9.15 Å². The molecule has 2 aromatic carbocycles. The Labute approximate surface area is 173 Å². The molecule has 0 amide bonds. The van der Waals surface area contributed by atoms with Crippen molar-refractivity contribution in [3.8, 4) is 5.75 Å². The first kappa shape index (κ1) is 21.9. The summed E-state index contributed by atoms with van der Waals surface area (Å²) in [6.07, 6.45) is -1.83. The molecule has 3 aromatic rings. The quantitative estimate of drug-likeness (QED) is 0.497. The highest BCUT2D eigenvalue weighted by molar-refractivity contribution is 5.81. The molecule has 1 N–H and O–H groups in total. The highest BCUT2D eigenvalue weighted by atomic mass is 19.3. The molecule has 0 fully saturated rings. The standard InChI is InChI=1S/C23H25F2NO4/c1-26(10-2-3-22(24)25)13-16-4-6-17(7-5-16)15-29-19-8-9-20-18(14-27)11-23(28)30-21(20)12-19/h4-9,11-12,22,27H,2-3,10,13-15H2,1H3. The van der Waals surface area contributed by atoms with Crippen LogP contribution in [-0.4, -0.2) is 30.0 Å². The largest absolute Gasteiger partial charge is 0.489 e. The molecule has 0 spiro atoms. The minimum absolute atomic E-state index is 0.0693. The van der Waals surface area contributed by atoms with Crippen molar-refractivity contribution in [2.24, 2.45) is 0 Å². The number of hydrogen-bond acceptors (Lipinski definition) is 5. The normalized spacial score (nSPS) is 11.5. The summed E-state index contributed by atoms with van der Waals surface area (Å²) >= 11 is 0. The Morgan fingerprint density at radius 1 is 1.10 bits per heavy atom. The fourth-order valence-electron chi connectivity index (χ4n) is 3.24. The van der Waals surface area contributed by atoms with Crippen LogP contribution < -0.4 is 10.4 Å². The zero-order valence-electron chi connectivity index (χ0n) is 16.8. The maximum atomic E-state index is 12.2. The molecule has 1 aromatic heterocycles. The number of rotatable bonds is 10. The van der Waals surface area contributed by atoms with E-state index in [-0.39, 0.29) is 13.0 Å². The van der Waals surface area contributed by atoms with Crippen LogP contribution in [0, 0.1) is 0 Å². The number of aliphatic hydroxyl groups is 1. The molecular formula is C23H25F2NO4. The average molecular weight is 417 g/mol. The highest BCUT2D eigenvalue weighted by Gasteiger charge is 2.08. The number of nitrogens with zero attached hydrogens (tertiary/aromatic N) is 1. The van der Waals surface area contributed by atoms with Crippen LogP contribution in [0.1, 0.15) is 29.5 Å². The summed E-state index contributed by atoms with van der Waals surface area (Å²) in [6.45, 7) is 1.43. The zero-order valence-corrected chi connectivity index (χ0v) is 16.8. The Kier molecular flexibility index (Phi) is 7.54. The molecule has 0 saturated heterocycles. The second kappa shape index (κ2) is 10.3. The lowest BCUT2D eigenvalue weighted by molar-refractivity contribution is 0.129. The molecule has 0 unspecified atom stereocenters. The second-order valence-corrected chi connectivity index (χ2v) is 7.28. The van der Waals surface area contributed by atoms with E-state index in [0.29, 0.717) is 48.4 Å². The third kappa shape index (κ3) is 6.11. The van der Waals surface area contributed by atoms with E-state index in [1.807, 2.05) is 36.2 Å². The molecule has 0 aliphatic carbocycles. The van der Waals surface area contributed by atoms with Crippen molar-refractivity contribution >= 4 is 11.0 Å². The Bertz CT molecular complexity index is 1020. The van der Waals surface area contributed by atoms with Crippen LogP contribution in [-0.2, 0) is 19.8 Å². The van der Waals surface area contributed by atoms with Crippen LogP contribution in [0.15, 0.2) is 57.7 Å². The molecule has 7 heteroatoms. The van der Waals surface area contributed by atoms with Gasteiger partial charge in [-0.05, 0) is 48.8 Å². The third-order valence-corrected chi connectivity index (χ3v) is 4.82. The Hall–Kier alpha value is -2.77. The summed E-state index contributed by atoms with van der Waals surface area (Å²) in [7, 11) is 1.92. The first-order valence-corrected chi connectivity index (χ1v) is 9.79. The van der Waals surface area contributed by atoms with Gasteiger partial charge in [-0.3, -0.25) is 0 Å². The van der Waals surface area contributed by atoms with Crippen LogP contribution in [0.25, 0.3) is 11.0 Å². The van der Waals surface area contributed by atoms with Crippen LogP contribution in [0.5, 0.6) is 5.75 Å². The molecule has 0 aliphatic heterocycles. The molecule has 0 atom stereocenters. The number of ether oxygens (including phenoxy) is 1. The monoisotopic (exact) mass is 417 g/mol. The van der Waals surface area contributed by atoms with Crippen LogP contribution in [0.3, 0.4) is 0 Å². The van der Waals surface area contributed by atoms with Crippen LogP contribution >= 0.6 is 0 Å². The van der Waals surface area contributed by atoms with E-state index in [2.05, 4.69) is 0 Å². The summed E-state index contributed by atoms with van der Waals surface area (Å²) in [4.78, 5) is 13.6. The third-order valence-electron chi connectivity index (χ3n) is 4.82. The van der Waals surface area contributed by atoms with Crippen molar-refractivity contribution in [1.29, 1.82) is 0 Å². The number of fused-ring (bicyclic) bond motifs is 1. The lowest BCUT2D eigenvalue weighted by atomic mass is 10.1. The maximum Gasteiger partial charge on any atom is 0.336 e. The van der Waals surface area contributed by atoms with Gasteiger partial charge in [-0.1, -0.05) is 24.3 Å². The topological polar surface area (TPSA) is 62.9 Å². The fourth-order valence-corrected chi connectivity index (χ4v) is 3.24. The second-order valence-electron chi connectivity index (χ2n) is 7.28. The van der Waals surface area contributed by atoms with Gasteiger partial charge in [-0.15, -0.1) is 0 Å². The van der Waals surface area contributed by atoms with E-state index in [1.165, 1.54) is 6.07 Å². The number of alkyl halides is 2. The van der Waals surface area contributed by atoms with Gasteiger partial charge in [0.25, 0.3) is 0 Å².